The van der Waals surface area contributed by atoms with Crippen molar-refractivity contribution < 1.29 is 32.3 Å². The molecule has 14 heteroatoms. The van der Waals surface area contributed by atoms with E-state index in [0.717, 1.165) is 6.07 Å². The number of nitrogens with two attached hydrogens (primary N) is 2. The van der Waals surface area contributed by atoms with Gasteiger partial charge in [-0.2, -0.15) is 13.2 Å². The smallest absolute Gasteiger partial charge is 0.352 e. The second kappa shape index (κ2) is 10.7. The summed E-state index contributed by atoms with van der Waals surface area (Å²) >= 11 is 0. The second-order valence-electron chi connectivity index (χ2n) is 7.00. The van der Waals surface area contributed by atoms with Crippen LogP contribution in [0.5, 0.6) is 0 Å². The lowest BCUT2D eigenvalue weighted by molar-refractivity contribution is -0.137. The minimum atomic E-state index is -4.61. The lowest BCUT2D eigenvalue weighted by Crippen LogP contribution is -2.60. The molecule has 1 heterocycles. The number of carbonyl (C=O) groups excluding carboxylic acids is 4. The third kappa shape index (κ3) is 7.30. The second-order valence-corrected chi connectivity index (χ2v) is 7.00. The zero-order valence-corrected chi connectivity index (χ0v) is 16.9. The standard InChI is InChI=1S/C18H24F3N7O4/c19-18(20,21)11-4-1-2-5-12(11)24-13(29)10-27-6-3-7-28(9-8-27)15(30)14(25-16(22)31)26-17(23)32/h1-2,4-5,14H,3,6-10H2,(H,24,29)(H3,22,25,31)(H3,23,26,32). The minimum absolute atomic E-state index is 0.142. The van der Waals surface area contributed by atoms with Crippen LogP contribution in [0.25, 0.3) is 0 Å². The Balaban J connectivity index is 1.96. The van der Waals surface area contributed by atoms with Gasteiger partial charge in [-0.3, -0.25) is 14.5 Å². The number of benzene rings is 1. The maximum absolute atomic E-state index is 13.1. The molecule has 1 aliphatic rings. The predicted octanol–water partition coefficient (Wildman–Crippen LogP) is -0.159. The first-order valence-electron chi connectivity index (χ1n) is 9.56. The molecule has 32 heavy (non-hydrogen) atoms. The number of anilines is 1. The van der Waals surface area contributed by atoms with Crippen LogP contribution in [0.4, 0.5) is 28.4 Å². The molecule has 1 saturated heterocycles. The number of rotatable bonds is 6. The third-order valence-electron chi connectivity index (χ3n) is 4.59. The SMILES string of the molecule is NC(=O)NC(NC(N)=O)C(=O)N1CCCN(CC(=O)Nc2ccccc2C(F)(F)F)CC1. The lowest BCUT2D eigenvalue weighted by atomic mass is 10.1. The quantitative estimate of drug-likeness (QED) is 0.373. The molecule has 0 unspecified atom stereocenters. The Bertz CT molecular complexity index is 849. The number of primary amides is 2. The van der Waals surface area contributed by atoms with Gasteiger partial charge in [0, 0.05) is 26.2 Å². The van der Waals surface area contributed by atoms with Crippen molar-refractivity contribution in [2.24, 2.45) is 11.5 Å². The van der Waals surface area contributed by atoms with E-state index in [1.165, 1.54) is 23.1 Å². The maximum Gasteiger partial charge on any atom is 0.418 e. The number of alkyl halides is 3. The molecule has 1 fully saturated rings. The van der Waals surface area contributed by atoms with Crippen molar-refractivity contribution in [3.63, 3.8) is 0 Å². The summed E-state index contributed by atoms with van der Waals surface area (Å²) in [4.78, 5) is 50.1. The van der Waals surface area contributed by atoms with Gasteiger partial charge >= 0.3 is 18.2 Å². The molecule has 0 bridgehead atoms. The normalized spacial score (nSPS) is 15.1. The Morgan fingerprint density at radius 1 is 0.969 bits per heavy atom. The Labute approximate surface area is 181 Å². The number of urea groups is 2. The number of carbonyl (C=O) groups is 4. The van der Waals surface area contributed by atoms with E-state index < -0.39 is 41.8 Å². The fourth-order valence-corrected chi connectivity index (χ4v) is 3.21. The fraction of sp³-hybridized carbons (Fsp3) is 0.444. The van der Waals surface area contributed by atoms with Gasteiger partial charge in [0.15, 0.2) is 6.17 Å². The minimum Gasteiger partial charge on any atom is -0.352 e. The van der Waals surface area contributed by atoms with Crippen molar-refractivity contribution in [2.45, 2.75) is 18.8 Å². The van der Waals surface area contributed by atoms with E-state index in [1.807, 2.05) is 0 Å². The predicted molar refractivity (Wildman–Crippen MR) is 107 cm³/mol. The fourth-order valence-electron chi connectivity index (χ4n) is 3.21. The molecule has 6 amide bonds. The zero-order chi connectivity index (χ0) is 23.9. The van der Waals surface area contributed by atoms with Gasteiger partial charge < -0.3 is 32.3 Å². The summed E-state index contributed by atoms with van der Waals surface area (Å²) in [5.41, 5.74) is 8.73. The molecule has 1 aromatic rings. The molecule has 0 aromatic heterocycles. The monoisotopic (exact) mass is 459 g/mol. The van der Waals surface area contributed by atoms with Crippen LogP contribution in [-0.2, 0) is 15.8 Å². The topological polar surface area (TPSA) is 163 Å². The van der Waals surface area contributed by atoms with E-state index in [0.29, 0.717) is 13.0 Å². The van der Waals surface area contributed by atoms with E-state index in [1.54, 1.807) is 4.90 Å². The molecule has 2 rings (SSSR count). The van der Waals surface area contributed by atoms with Gasteiger partial charge in [-0.05, 0) is 18.6 Å². The Kier molecular flexibility index (Phi) is 8.23. The summed E-state index contributed by atoms with van der Waals surface area (Å²) in [5, 5.41) is 6.44. The van der Waals surface area contributed by atoms with Crippen molar-refractivity contribution in [1.29, 1.82) is 0 Å². The molecular weight excluding hydrogens is 435 g/mol. The molecule has 0 radical (unpaired) electrons. The van der Waals surface area contributed by atoms with Crippen LogP contribution >= 0.6 is 0 Å². The van der Waals surface area contributed by atoms with Crippen molar-refractivity contribution in [2.75, 3.05) is 38.0 Å². The Morgan fingerprint density at radius 2 is 1.59 bits per heavy atom. The number of hydrogen-bond acceptors (Lipinski definition) is 5. The Hall–Kier alpha value is -3.55. The average molecular weight is 459 g/mol. The summed E-state index contributed by atoms with van der Waals surface area (Å²) in [6.07, 6.45) is -5.61. The first-order chi connectivity index (χ1) is 15.0. The molecule has 0 aliphatic carbocycles. The summed E-state index contributed by atoms with van der Waals surface area (Å²) in [5.74, 6) is -1.28. The van der Waals surface area contributed by atoms with Crippen LogP contribution in [-0.4, -0.2) is 72.6 Å². The number of nitrogens with one attached hydrogen (secondary N) is 3. The first-order valence-corrected chi connectivity index (χ1v) is 9.56. The molecule has 7 N–H and O–H groups in total. The van der Waals surface area contributed by atoms with E-state index in [2.05, 4.69) is 16.0 Å². The summed E-state index contributed by atoms with van der Waals surface area (Å²) in [6.45, 7) is 0.847. The van der Waals surface area contributed by atoms with Gasteiger partial charge in [-0.25, -0.2) is 9.59 Å². The average Bonchev–Trinajstić information content (AvgIpc) is 2.91. The highest BCUT2D eigenvalue weighted by Crippen LogP contribution is 2.34. The third-order valence-corrected chi connectivity index (χ3v) is 4.59. The van der Waals surface area contributed by atoms with Crippen molar-refractivity contribution >= 4 is 29.6 Å². The molecule has 1 aromatic carbocycles. The Morgan fingerprint density at radius 3 is 2.19 bits per heavy atom. The summed E-state index contributed by atoms with van der Waals surface area (Å²) in [7, 11) is 0. The number of amides is 6. The first kappa shape index (κ1) is 24.7. The molecule has 0 atom stereocenters. The van der Waals surface area contributed by atoms with E-state index in [4.69, 9.17) is 11.5 Å². The van der Waals surface area contributed by atoms with E-state index >= 15 is 0 Å². The van der Waals surface area contributed by atoms with Gasteiger partial charge in [0.2, 0.25) is 5.91 Å². The van der Waals surface area contributed by atoms with Crippen LogP contribution in [0.3, 0.4) is 0 Å². The molecule has 0 spiro atoms. The number of nitrogens with zero attached hydrogens (tertiary/aromatic N) is 2. The van der Waals surface area contributed by atoms with Gasteiger partial charge in [-0.1, -0.05) is 12.1 Å². The summed E-state index contributed by atoms with van der Waals surface area (Å²) < 4.78 is 39.3. The molecule has 0 saturated carbocycles. The maximum atomic E-state index is 13.1. The zero-order valence-electron chi connectivity index (χ0n) is 16.9. The van der Waals surface area contributed by atoms with Gasteiger partial charge in [-0.15, -0.1) is 0 Å². The lowest BCUT2D eigenvalue weighted by Gasteiger charge is -2.26. The highest BCUT2D eigenvalue weighted by atomic mass is 19.4. The number of para-hydroxylation sites is 1. The number of halogens is 3. The molecule has 1 aliphatic heterocycles. The highest BCUT2D eigenvalue weighted by Gasteiger charge is 2.34. The largest absolute Gasteiger partial charge is 0.418 e. The number of hydrogen-bond donors (Lipinski definition) is 5. The van der Waals surface area contributed by atoms with Gasteiger partial charge in [0.1, 0.15) is 0 Å². The highest BCUT2D eigenvalue weighted by molar-refractivity contribution is 5.93. The molecular formula is C18H24F3N7O4. The molecule has 11 nitrogen and oxygen atoms in total. The van der Waals surface area contributed by atoms with Crippen molar-refractivity contribution in [3.8, 4) is 0 Å². The molecule has 176 valence electrons. The van der Waals surface area contributed by atoms with Crippen LogP contribution in [0.1, 0.15) is 12.0 Å². The van der Waals surface area contributed by atoms with Gasteiger partial charge in [0.05, 0.1) is 17.8 Å². The van der Waals surface area contributed by atoms with Gasteiger partial charge in [0.25, 0.3) is 5.91 Å². The summed E-state index contributed by atoms with van der Waals surface area (Å²) in [6, 6.07) is 2.58. The van der Waals surface area contributed by atoms with Crippen LogP contribution < -0.4 is 27.4 Å². The van der Waals surface area contributed by atoms with Crippen molar-refractivity contribution in [1.82, 2.24) is 20.4 Å². The van der Waals surface area contributed by atoms with Crippen LogP contribution in [0.2, 0.25) is 0 Å². The van der Waals surface area contributed by atoms with Crippen molar-refractivity contribution in [3.05, 3.63) is 29.8 Å². The van der Waals surface area contributed by atoms with Crippen LogP contribution in [0, 0.1) is 0 Å². The van der Waals surface area contributed by atoms with E-state index in [9.17, 15) is 32.3 Å². The van der Waals surface area contributed by atoms with Crippen LogP contribution in [0.15, 0.2) is 24.3 Å². The van der Waals surface area contributed by atoms with E-state index in [-0.39, 0.29) is 31.9 Å².